The Labute approximate surface area is 90.2 Å². The molecule has 0 spiro atoms. The molecular formula is C13H16O2. The van der Waals surface area contributed by atoms with Crippen molar-refractivity contribution in [1.82, 2.24) is 0 Å². The highest BCUT2D eigenvalue weighted by molar-refractivity contribution is 5.33. The molecule has 1 unspecified atom stereocenters. The number of aliphatic hydroxyl groups excluding tert-OH is 1. The van der Waals surface area contributed by atoms with E-state index >= 15 is 0 Å². The van der Waals surface area contributed by atoms with Crippen molar-refractivity contribution in [2.24, 2.45) is 0 Å². The van der Waals surface area contributed by atoms with Gasteiger partial charge in [-0.2, -0.15) is 0 Å². The minimum absolute atomic E-state index is 0.594. The van der Waals surface area contributed by atoms with Gasteiger partial charge in [0.15, 0.2) is 0 Å². The summed E-state index contributed by atoms with van der Waals surface area (Å²) in [6.45, 7) is 2.79. The summed E-state index contributed by atoms with van der Waals surface area (Å²) >= 11 is 0. The number of rotatable bonds is 3. The summed E-state index contributed by atoms with van der Waals surface area (Å²) < 4.78 is 5.38. The molecule has 2 heteroatoms. The van der Waals surface area contributed by atoms with E-state index in [-0.39, 0.29) is 0 Å². The third-order valence-electron chi connectivity index (χ3n) is 2.73. The van der Waals surface area contributed by atoms with Gasteiger partial charge in [0.2, 0.25) is 0 Å². The normalized spacial score (nSPS) is 17.1. The van der Waals surface area contributed by atoms with Crippen LogP contribution in [0.4, 0.5) is 0 Å². The van der Waals surface area contributed by atoms with E-state index in [0.717, 1.165) is 18.4 Å². The first kappa shape index (κ1) is 10.2. The zero-order valence-corrected chi connectivity index (χ0v) is 8.94. The van der Waals surface area contributed by atoms with Gasteiger partial charge >= 0.3 is 0 Å². The second kappa shape index (κ2) is 4.49. The Kier molecular flexibility index (Phi) is 3.07. The highest BCUT2D eigenvalue weighted by Gasteiger charge is 2.19. The molecule has 0 aliphatic carbocycles. The van der Waals surface area contributed by atoms with Gasteiger partial charge in [-0.1, -0.05) is 31.2 Å². The number of benzene rings is 1. The molecule has 2 rings (SSSR count). The number of aliphatic hydroxyl groups is 1. The molecule has 0 saturated heterocycles. The van der Waals surface area contributed by atoms with Crippen LogP contribution < -0.4 is 0 Å². The summed E-state index contributed by atoms with van der Waals surface area (Å²) in [6, 6.07) is 7.96. The maximum Gasteiger partial charge on any atom is 0.136 e. The van der Waals surface area contributed by atoms with Crippen LogP contribution in [-0.2, 0) is 11.2 Å². The Morgan fingerprint density at radius 2 is 2.20 bits per heavy atom. The van der Waals surface area contributed by atoms with Gasteiger partial charge in [0.1, 0.15) is 11.9 Å². The lowest BCUT2D eigenvalue weighted by Crippen LogP contribution is -2.05. The molecule has 0 fully saturated rings. The van der Waals surface area contributed by atoms with Crippen molar-refractivity contribution in [3.05, 3.63) is 47.2 Å². The molecule has 0 amide bonds. The van der Waals surface area contributed by atoms with Gasteiger partial charge in [-0.05, 0) is 23.6 Å². The fourth-order valence-corrected chi connectivity index (χ4v) is 1.90. The third-order valence-corrected chi connectivity index (χ3v) is 2.73. The summed E-state index contributed by atoms with van der Waals surface area (Å²) in [7, 11) is 0. The second-order valence-electron chi connectivity index (χ2n) is 3.70. The minimum Gasteiger partial charge on any atom is -0.495 e. The van der Waals surface area contributed by atoms with Gasteiger partial charge in [-0.3, -0.25) is 0 Å². The van der Waals surface area contributed by atoms with Crippen molar-refractivity contribution in [2.45, 2.75) is 25.9 Å². The Bertz CT molecular complexity index is 369. The first-order valence-electron chi connectivity index (χ1n) is 5.41. The molecule has 0 saturated carbocycles. The first-order chi connectivity index (χ1) is 7.33. The molecule has 1 heterocycles. The maximum absolute atomic E-state index is 10.1. The summed E-state index contributed by atoms with van der Waals surface area (Å²) in [5.41, 5.74) is 2.15. The number of hydrogen-bond acceptors (Lipinski definition) is 2. The van der Waals surface area contributed by atoms with Crippen molar-refractivity contribution in [1.29, 1.82) is 0 Å². The summed E-state index contributed by atoms with van der Waals surface area (Å²) in [6.07, 6.45) is 3.21. The van der Waals surface area contributed by atoms with Crippen LogP contribution in [-0.4, -0.2) is 11.7 Å². The highest BCUT2D eigenvalue weighted by Crippen LogP contribution is 2.28. The number of ether oxygens (including phenoxy) is 1. The molecule has 80 valence electrons. The number of aryl methyl sites for hydroxylation is 1. The van der Waals surface area contributed by atoms with Gasteiger partial charge < -0.3 is 9.84 Å². The second-order valence-corrected chi connectivity index (χ2v) is 3.70. The first-order valence-corrected chi connectivity index (χ1v) is 5.41. The molecule has 2 nitrogen and oxygen atoms in total. The van der Waals surface area contributed by atoms with Gasteiger partial charge in [0.05, 0.1) is 6.61 Å². The minimum atomic E-state index is -0.594. The van der Waals surface area contributed by atoms with Crippen molar-refractivity contribution < 1.29 is 9.84 Å². The Hall–Kier alpha value is -1.28. The Balaban J connectivity index is 2.27. The average Bonchev–Trinajstić information content (AvgIpc) is 2.81. The van der Waals surface area contributed by atoms with E-state index in [1.807, 2.05) is 30.3 Å². The lowest BCUT2D eigenvalue weighted by atomic mass is 9.99. The van der Waals surface area contributed by atoms with Gasteiger partial charge in [-0.15, -0.1) is 0 Å². The smallest absolute Gasteiger partial charge is 0.136 e. The molecule has 0 aromatic heterocycles. The Morgan fingerprint density at radius 3 is 2.87 bits per heavy atom. The van der Waals surface area contributed by atoms with Crippen molar-refractivity contribution in [3.63, 3.8) is 0 Å². The van der Waals surface area contributed by atoms with Crippen LogP contribution in [0.2, 0.25) is 0 Å². The Morgan fingerprint density at radius 1 is 1.40 bits per heavy atom. The molecular weight excluding hydrogens is 188 g/mol. The fraction of sp³-hybridized carbons (Fsp3) is 0.385. The average molecular weight is 204 g/mol. The summed E-state index contributed by atoms with van der Waals surface area (Å²) in [5.74, 6) is 0.705. The number of hydrogen-bond donors (Lipinski definition) is 1. The highest BCUT2D eigenvalue weighted by atomic mass is 16.5. The molecule has 1 aromatic rings. The topological polar surface area (TPSA) is 29.5 Å². The van der Waals surface area contributed by atoms with E-state index < -0.39 is 6.10 Å². The summed E-state index contributed by atoms with van der Waals surface area (Å²) in [5, 5.41) is 10.1. The van der Waals surface area contributed by atoms with E-state index in [0.29, 0.717) is 12.4 Å². The third kappa shape index (κ3) is 2.05. The zero-order chi connectivity index (χ0) is 10.7. The van der Waals surface area contributed by atoms with Gasteiger partial charge in [0.25, 0.3) is 0 Å². The predicted molar refractivity (Wildman–Crippen MR) is 59.4 cm³/mol. The largest absolute Gasteiger partial charge is 0.495 e. The standard InChI is InChI=1S/C13H16O2/c1-2-10-6-3-4-7-11(10)13(14)12-8-5-9-15-12/h3-4,6-8,13-14H,2,5,9H2,1H3. The molecule has 0 bridgehead atoms. The molecule has 1 aromatic carbocycles. The fourth-order valence-electron chi connectivity index (χ4n) is 1.90. The molecule has 1 aliphatic heterocycles. The van der Waals surface area contributed by atoms with E-state index in [4.69, 9.17) is 4.74 Å². The predicted octanol–water partition coefficient (Wildman–Crippen LogP) is 2.59. The zero-order valence-electron chi connectivity index (χ0n) is 8.94. The van der Waals surface area contributed by atoms with Crippen LogP contribution in [0.3, 0.4) is 0 Å². The van der Waals surface area contributed by atoms with Crippen molar-refractivity contribution >= 4 is 0 Å². The van der Waals surface area contributed by atoms with Crippen LogP contribution in [0.15, 0.2) is 36.1 Å². The molecule has 1 aliphatic rings. The van der Waals surface area contributed by atoms with Crippen LogP contribution >= 0.6 is 0 Å². The van der Waals surface area contributed by atoms with Crippen LogP contribution in [0.1, 0.15) is 30.6 Å². The lowest BCUT2D eigenvalue weighted by molar-refractivity contribution is 0.118. The van der Waals surface area contributed by atoms with E-state index in [2.05, 4.69) is 6.92 Å². The van der Waals surface area contributed by atoms with Crippen LogP contribution in [0.5, 0.6) is 0 Å². The van der Waals surface area contributed by atoms with E-state index in [9.17, 15) is 5.11 Å². The van der Waals surface area contributed by atoms with Crippen LogP contribution in [0.25, 0.3) is 0 Å². The molecule has 15 heavy (non-hydrogen) atoms. The van der Waals surface area contributed by atoms with Crippen LogP contribution in [0, 0.1) is 0 Å². The van der Waals surface area contributed by atoms with Gasteiger partial charge in [0, 0.05) is 6.42 Å². The lowest BCUT2D eigenvalue weighted by Gasteiger charge is -2.15. The quantitative estimate of drug-likeness (QED) is 0.820. The SMILES string of the molecule is CCc1ccccc1C(O)C1=CCCO1. The van der Waals surface area contributed by atoms with E-state index in [1.54, 1.807) is 0 Å². The van der Waals surface area contributed by atoms with Crippen molar-refractivity contribution in [2.75, 3.05) is 6.61 Å². The van der Waals surface area contributed by atoms with E-state index in [1.165, 1.54) is 5.56 Å². The molecule has 1 N–H and O–H groups in total. The molecule has 0 radical (unpaired) electrons. The van der Waals surface area contributed by atoms with Gasteiger partial charge in [-0.25, -0.2) is 0 Å². The maximum atomic E-state index is 10.1. The van der Waals surface area contributed by atoms with Crippen molar-refractivity contribution in [3.8, 4) is 0 Å². The monoisotopic (exact) mass is 204 g/mol. The molecule has 1 atom stereocenters. The summed E-state index contributed by atoms with van der Waals surface area (Å²) in [4.78, 5) is 0.